The highest BCUT2D eigenvalue weighted by molar-refractivity contribution is 5.92. The predicted octanol–water partition coefficient (Wildman–Crippen LogP) is 3.95. The van der Waals surface area contributed by atoms with Gasteiger partial charge >= 0.3 is 0 Å². The molecule has 0 unspecified atom stereocenters. The Balaban J connectivity index is 1.65. The highest BCUT2D eigenvalue weighted by atomic mass is 19.1. The number of nitrogens with one attached hydrogen (secondary N) is 2. The topological polar surface area (TPSA) is 57.8 Å². The molecule has 24 heavy (non-hydrogen) atoms. The summed E-state index contributed by atoms with van der Waals surface area (Å²) < 4.78 is 12.2. The molecule has 4 rings (SSSR count). The zero-order valence-electron chi connectivity index (χ0n) is 13.0. The number of nitrogens with zero attached hydrogens (tertiary/aromatic N) is 1. The molecule has 1 aliphatic rings. The zero-order valence-corrected chi connectivity index (χ0v) is 13.0. The zero-order chi connectivity index (χ0) is 16.5. The first kappa shape index (κ1) is 14.6. The van der Waals surface area contributed by atoms with Crippen molar-refractivity contribution >= 4 is 11.6 Å². The summed E-state index contributed by atoms with van der Waals surface area (Å²) in [5.41, 5.74) is 7.18. The Morgan fingerprint density at radius 2 is 2.04 bits per heavy atom. The highest BCUT2D eigenvalue weighted by Crippen LogP contribution is 2.40. The maximum Gasteiger partial charge on any atom is 0.227 e. The van der Waals surface area contributed by atoms with Crippen LogP contribution in [0.4, 0.5) is 10.1 Å². The summed E-state index contributed by atoms with van der Waals surface area (Å²) in [6, 6.07) is 15.8. The van der Waals surface area contributed by atoms with Crippen LogP contribution in [0, 0.1) is 0 Å². The van der Waals surface area contributed by atoms with E-state index < -0.39 is 6.67 Å². The van der Waals surface area contributed by atoms with E-state index in [0.717, 1.165) is 34.5 Å². The summed E-state index contributed by atoms with van der Waals surface area (Å²) in [6.45, 7) is -0.645. The van der Waals surface area contributed by atoms with Gasteiger partial charge in [-0.3, -0.25) is 14.3 Å². The van der Waals surface area contributed by atoms with Crippen molar-refractivity contribution in [2.45, 2.75) is 12.8 Å². The third-order valence-corrected chi connectivity index (χ3v) is 4.26. The van der Waals surface area contributed by atoms with Crippen molar-refractivity contribution in [3.8, 4) is 22.5 Å². The van der Waals surface area contributed by atoms with E-state index in [0.29, 0.717) is 5.69 Å². The average Bonchev–Trinajstić information content (AvgIpc) is 3.14. The molecule has 1 heterocycles. The van der Waals surface area contributed by atoms with Crippen LogP contribution in [-0.4, -0.2) is 22.8 Å². The Morgan fingerprint density at radius 3 is 2.83 bits per heavy atom. The minimum atomic E-state index is -0.645. The first-order chi connectivity index (χ1) is 11.8. The number of fused-ring (bicyclic) bond motifs is 3. The average molecular weight is 321 g/mol. The SMILES string of the molecule is O=C(CCF)Nc1ccc2c(c1)Cc1c(-c3ccccc3)n[nH]c1-2. The third kappa shape index (κ3) is 2.48. The Kier molecular flexibility index (Phi) is 3.61. The fraction of sp³-hybridized carbons (Fsp3) is 0.158. The van der Waals surface area contributed by atoms with Crippen LogP contribution >= 0.6 is 0 Å². The van der Waals surface area contributed by atoms with Crippen LogP contribution in [0.25, 0.3) is 22.5 Å². The molecule has 0 saturated heterocycles. The van der Waals surface area contributed by atoms with Crippen LogP contribution in [0.2, 0.25) is 0 Å². The van der Waals surface area contributed by atoms with Gasteiger partial charge in [-0.15, -0.1) is 0 Å². The number of aromatic amines is 1. The van der Waals surface area contributed by atoms with Crippen LogP contribution in [0.5, 0.6) is 0 Å². The van der Waals surface area contributed by atoms with Crippen molar-refractivity contribution < 1.29 is 9.18 Å². The van der Waals surface area contributed by atoms with E-state index in [1.165, 1.54) is 5.56 Å². The van der Waals surface area contributed by atoms with Gasteiger partial charge in [0.05, 0.1) is 24.5 Å². The lowest BCUT2D eigenvalue weighted by molar-refractivity contribution is -0.116. The van der Waals surface area contributed by atoms with E-state index in [2.05, 4.69) is 15.5 Å². The standard InChI is InChI=1S/C19H16FN3O/c20-9-8-17(24)21-14-6-7-15-13(10-14)11-16-18(22-23-19(15)16)12-4-2-1-3-5-12/h1-7,10H,8-9,11H2,(H,21,24)(H,22,23). The van der Waals surface area contributed by atoms with Gasteiger partial charge in [0.2, 0.25) is 5.91 Å². The maximum absolute atomic E-state index is 12.2. The first-order valence-corrected chi connectivity index (χ1v) is 7.88. The Morgan fingerprint density at radius 1 is 1.21 bits per heavy atom. The largest absolute Gasteiger partial charge is 0.326 e. The van der Waals surface area contributed by atoms with Crippen LogP contribution in [0.1, 0.15) is 17.5 Å². The monoisotopic (exact) mass is 321 g/mol. The lowest BCUT2D eigenvalue weighted by atomic mass is 10.1. The Labute approximate surface area is 138 Å². The number of alkyl halides is 1. The second-order valence-corrected chi connectivity index (χ2v) is 5.83. The molecule has 0 fully saturated rings. The number of anilines is 1. The second kappa shape index (κ2) is 5.92. The molecule has 120 valence electrons. The number of carbonyl (C=O) groups is 1. The minimum absolute atomic E-state index is 0.113. The minimum Gasteiger partial charge on any atom is -0.326 e. The predicted molar refractivity (Wildman–Crippen MR) is 91.5 cm³/mol. The van der Waals surface area contributed by atoms with E-state index in [-0.39, 0.29) is 12.3 Å². The Bertz CT molecular complexity index is 902. The lowest BCUT2D eigenvalue weighted by Crippen LogP contribution is -2.11. The number of amides is 1. The summed E-state index contributed by atoms with van der Waals surface area (Å²) >= 11 is 0. The van der Waals surface area contributed by atoms with Crippen LogP contribution in [0.3, 0.4) is 0 Å². The van der Waals surface area contributed by atoms with Gasteiger partial charge < -0.3 is 5.32 Å². The first-order valence-electron chi connectivity index (χ1n) is 7.88. The molecule has 1 amide bonds. The molecule has 2 N–H and O–H groups in total. The summed E-state index contributed by atoms with van der Waals surface area (Å²) in [7, 11) is 0. The molecule has 0 radical (unpaired) electrons. The third-order valence-electron chi connectivity index (χ3n) is 4.26. The number of halogens is 1. The molecule has 0 atom stereocenters. The van der Waals surface area contributed by atoms with Gasteiger partial charge in [0.15, 0.2) is 0 Å². The summed E-state index contributed by atoms with van der Waals surface area (Å²) in [6.07, 6.45) is 0.649. The quantitative estimate of drug-likeness (QED) is 0.598. The molecule has 0 spiro atoms. The molecule has 0 bridgehead atoms. The Hall–Kier alpha value is -2.95. The smallest absolute Gasteiger partial charge is 0.227 e. The molecule has 1 aromatic heterocycles. The van der Waals surface area contributed by atoms with Gasteiger partial charge in [0, 0.05) is 28.8 Å². The normalized spacial score (nSPS) is 11.9. The van der Waals surface area contributed by atoms with Gasteiger partial charge in [-0.1, -0.05) is 36.4 Å². The molecule has 5 heteroatoms. The van der Waals surface area contributed by atoms with Crippen LogP contribution < -0.4 is 5.32 Å². The van der Waals surface area contributed by atoms with E-state index in [9.17, 15) is 9.18 Å². The molecule has 0 aliphatic heterocycles. The molecule has 0 saturated carbocycles. The number of H-pyrrole nitrogens is 1. The number of aromatic nitrogens is 2. The maximum atomic E-state index is 12.2. The van der Waals surface area contributed by atoms with Gasteiger partial charge in [-0.05, 0) is 17.7 Å². The molecule has 4 nitrogen and oxygen atoms in total. The molecular formula is C19H16FN3O. The van der Waals surface area contributed by atoms with Crippen molar-refractivity contribution in [2.24, 2.45) is 0 Å². The van der Waals surface area contributed by atoms with Gasteiger partial charge in [0.25, 0.3) is 0 Å². The molecular weight excluding hydrogens is 305 g/mol. The highest BCUT2D eigenvalue weighted by Gasteiger charge is 2.25. The van der Waals surface area contributed by atoms with Gasteiger partial charge in [0.1, 0.15) is 0 Å². The number of carbonyl (C=O) groups excluding carboxylic acids is 1. The van der Waals surface area contributed by atoms with Crippen LogP contribution in [0.15, 0.2) is 48.5 Å². The van der Waals surface area contributed by atoms with Crippen molar-refractivity contribution in [3.05, 3.63) is 59.7 Å². The summed E-state index contributed by atoms with van der Waals surface area (Å²) in [5.74, 6) is -0.305. The van der Waals surface area contributed by atoms with Crippen molar-refractivity contribution in [1.29, 1.82) is 0 Å². The summed E-state index contributed by atoms with van der Waals surface area (Å²) in [4.78, 5) is 11.6. The van der Waals surface area contributed by atoms with E-state index >= 15 is 0 Å². The number of hydrogen-bond acceptors (Lipinski definition) is 2. The summed E-state index contributed by atoms with van der Waals surface area (Å²) in [5, 5.41) is 10.3. The van der Waals surface area contributed by atoms with Crippen LogP contribution in [-0.2, 0) is 11.2 Å². The fourth-order valence-corrected chi connectivity index (χ4v) is 3.16. The van der Waals surface area contributed by atoms with Gasteiger partial charge in [-0.2, -0.15) is 5.10 Å². The fourth-order valence-electron chi connectivity index (χ4n) is 3.16. The van der Waals surface area contributed by atoms with Gasteiger partial charge in [-0.25, -0.2) is 0 Å². The molecule has 3 aromatic rings. The second-order valence-electron chi connectivity index (χ2n) is 5.83. The lowest BCUT2D eigenvalue weighted by Gasteiger charge is -2.06. The van der Waals surface area contributed by atoms with Crippen molar-refractivity contribution in [2.75, 3.05) is 12.0 Å². The number of rotatable bonds is 4. The molecule has 2 aromatic carbocycles. The van der Waals surface area contributed by atoms with E-state index in [1.54, 1.807) is 0 Å². The van der Waals surface area contributed by atoms with E-state index in [1.807, 2.05) is 48.5 Å². The number of hydrogen-bond donors (Lipinski definition) is 2. The number of benzene rings is 2. The van der Waals surface area contributed by atoms with E-state index in [4.69, 9.17) is 0 Å². The van der Waals surface area contributed by atoms with Crippen molar-refractivity contribution in [3.63, 3.8) is 0 Å². The molecule has 1 aliphatic carbocycles. The van der Waals surface area contributed by atoms with Crippen molar-refractivity contribution in [1.82, 2.24) is 10.2 Å².